The first-order chi connectivity index (χ1) is 15.6. The van der Waals surface area contributed by atoms with Gasteiger partial charge in [0.05, 0.1) is 29.1 Å². The molecule has 0 bridgehead atoms. The number of hydrogen-bond acceptors (Lipinski definition) is 8. The van der Waals surface area contributed by atoms with Crippen molar-refractivity contribution in [3.05, 3.63) is 29.5 Å². The molecular formula is C22H30N8O3. The molecule has 3 heterocycles. The number of carbonyl (C=O) groups excluding carboxylic acids is 1. The van der Waals surface area contributed by atoms with Crippen molar-refractivity contribution in [3.8, 4) is 0 Å². The van der Waals surface area contributed by atoms with E-state index in [0.29, 0.717) is 23.1 Å². The quantitative estimate of drug-likeness (QED) is 0.593. The summed E-state index contributed by atoms with van der Waals surface area (Å²) in [5.41, 5.74) is 1.85. The van der Waals surface area contributed by atoms with Gasteiger partial charge in [0.15, 0.2) is 5.82 Å². The molecule has 2 aromatic rings. The van der Waals surface area contributed by atoms with E-state index in [9.17, 15) is 9.59 Å². The van der Waals surface area contributed by atoms with Gasteiger partial charge in [-0.15, -0.1) is 10.2 Å². The van der Waals surface area contributed by atoms with Crippen LogP contribution in [0, 0.1) is 6.92 Å². The summed E-state index contributed by atoms with van der Waals surface area (Å²) in [7, 11) is 0. The zero-order valence-corrected chi connectivity index (χ0v) is 19.9. The van der Waals surface area contributed by atoms with Gasteiger partial charge in [0.2, 0.25) is 11.7 Å². The minimum absolute atomic E-state index is 0.121. The molecule has 0 spiro atoms. The molecule has 176 valence electrons. The van der Waals surface area contributed by atoms with Gasteiger partial charge in [-0.2, -0.15) is 9.78 Å². The van der Waals surface area contributed by atoms with Crippen LogP contribution in [0.2, 0.25) is 0 Å². The molecule has 0 aromatic carbocycles. The van der Waals surface area contributed by atoms with E-state index in [4.69, 9.17) is 15.1 Å². The van der Waals surface area contributed by atoms with E-state index in [-0.39, 0.29) is 18.7 Å². The molecular weight excluding hydrogens is 424 g/mol. The highest BCUT2D eigenvalue weighted by Gasteiger charge is 2.34. The number of aliphatic imine (C=N–C) groups is 1. The molecule has 0 atom stereocenters. The molecule has 33 heavy (non-hydrogen) atoms. The summed E-state index contributed by atoms with van der Waals surface area (Å²) < 4.78 is 1.57. The first kappa shape index (κ1) is 24.0. The van der Waals surface area contributed by atoms with E-state index in [0.717, 1.165) is 30.3 Å². The number of rotatable bonds is 9. The van der Waals surface area contributed by atoms with E-state index in [2.05, 4.69) is 39.4 Å². The highest BCUT2D eigenvalue weighted by atomic mass is 16.4. The largest absolute Gasteiger partial charge is 0.481 e. The summed E-state index contributed by atoms with van der Waals surface area (Å²) in [6.45, 7) is 13.2. The van der Waals surface area contributed by atoms with Crippen molar-refractivity contribution >= 4 is 34.8 Å². The lowest BCUT2D eigenvalue weighted by molar-refractivity contribution is -0.139. The van der Waals surface area contributed by atoms with Crippen molar-refractivity contribution in [1.82, 2.24) is 25.2 Å². The van der Waals surface area contributed by atoms with Gasteiger partial charge < -0.3 is 15.3 Å². The van der Waals surface area contributed by atoms with Crippen LogP contribution in [0.3, 0.4) is 0 Å². The SMILES string of the molecule is CCN(CC)c1ccc(N=C2C(C)=Nn3c2nnc3C(C)(C)NC(=O)CCC(=O)O)c(C)n1. The minimum Gasteiger partial charge on any atom is -0.481 e. The summed E-state index contributed by atoms with van der Waals surface area (Å²) in [6, 6.07) is 3.88. The molecule has 1 aliphatic rings. The fourth-order valence-corrected chi connectivity index (χ4v) is 3.59. The van der Waals surface area contributed by atoms with E-state index in [1.807, 2.05) is 26.0 Å². The Hall–Kier alpha value is -3.63. The van der Waals surface area contributed by atoms with Crippen molar-refractivity contribution in [2.24, 2.45) is 10.1 Å². The highest BCUT2D eigenvalue weighted by molar-refractivity contribution is 6.48. The Kier molecular flexibility index (Phi) is 6.89. The number of pyridine rings is 1. The van der Waals surface area contributed by atoms with Crippen LogP contribution in [0.4, 0.5) is 11.5 Å². The zero-order valence-electron chi connectivity index (χ0n) is 19.9. The van der Waals surface area contributed by atoms with Crippen LogP contribution in [-0.4, -0.2) is 61.4 Å². The summed E-state index contributed by atoms with van der Waals surface area (Å²) in [6.07, 6.45) is -0.362. The first-order valence-corrected chi connectivity index (χ1v) is 10.9. The molecule has 2 aromatic heterocycles. The Balaban J connectivity index is 1.88. The van der Waals surface area contributed by atoms with Crippen molar-refractivity contribution in [1.29, 1.82) is 0 Å². The Morgan fingerprint density at radius 2 is 1.85 bits per heavy atom. The number of aryl methyl sites for hydroxylation is 1. The normalized spacial score (nSPS) is 14.2. The maximum Gasteiger partial charge on any atom is 0.303 e. The predicted octanol–water partition coefficient (Wildman–Crippen LogP) is 2.40. The number of aliphatic carboxylic acids is 1. The molecule has 1 aliphatic heterocycles. The zero-order chi connectivity index (χ0) is 24.3. The monoisotopic (exact) mass is 454 g/mol. The van der Waals surface area contributed by atoms with Crippen molar-refractivity contribution in [2.75, 3.05) is 18.0 Å². The topological polar surface area (TPSA) is 138 Å². The fraction of sp³-hybridized carbons (Fsp3) is 0.500. The summed E-state index contributed by atoms with van der Waals surface area (Å²) in [4.78, 5) is 34.5. The Morgan fingerprint density at radius 3 is 2.45 bits per heavy atom. The van der Waals surface area contributed by atoms with Gasteiger partial charge in [-0.25, -0.2) is 9.98 Å². The van der Waals surface area contributed by atoms with Gasteiger partial charge in [-0.1, -0.05) is 0 Å². The smallest absolute Gasteiger partial charge is 0.303 e. The van der Waals surface area contributed by atoms with Crippen molar-refractivity contribution in [2.45, 2.75) is 59.9 Å². The van der Waals surface area contributed by atoms with Crippen LogP contribution in [0.25, 0.3) is 0 Å². The maximum atomic E-state index is 12.2. The third-order valence-electron chi connectivity index (χ3n) is 5.38. The second kappa shape index (κ2) is 9.47. The van der Waals surface area contributed by atoms with Gasteiger partial charge in [0.25, 0.3) is 0 Å². The van der Waals surface area contributed by atoms with Crippen LogP contribution in [-0.2, 0) is 15.1 Å². The average Bonchev–Trinajstić information content (AvgIpc) is 3.28. The van der Waals surface area contributed by atoms with Crippen LogP contribution in [0.5, 0.6) is 0 Å². The molecule has 3 rings (SSSR count). The molecule has 0 aliphatic carbocycles. The fourth-order valence-electron chi connectivity index (χ4n) is 3.59. The van der Waals surface area contributed by atoms with E-state index < -0.39 is 11.5 Å². The lowest BCUT2D eigenvalue weighted by atomic mass is 10.0. The molecule has 0 radical (unpaired) electrons. The number of carboxylic acids is 1. The molecule has 11 heteroatoms. The van der Waals surface area contributed by atoms with Crippen LogP contribution in [0.1, 0.15) is 64.8 Å². The minimum atomic E-state index is -1.03. The third kappa shape index (κ3) is 5.07. The average molecular weight is 455 g/mol. The summed E-state index contributed by atoms with van der Waals surface area (Å²) in [5.74, 6) is 0.397. The lowest BCUT2D eigenvalue weighted by Gasteiger charge is -2.24. The van der Waals surface area contributed by atoms with Gasteiger partial charge in [-0.05, 0) is 53.7 Å². The molecule has 0 unspecified atom stereocenters. The van der Waals surface area contributed by atoms with Gasteiger partial charge in [0.1, 0.15) is 11.5 Å². The number of nitrogens with zero attached hydrogens (tertiary/aromatic N) is 7. The Morgan fingerprint density at radius 1 is 1.15 bits per heavy atom. The number of anilines is 1. The van der Waals surface area contributed by atoms with E-state index in [1.54, 1.807) is 18.5 Å². The first-order valence-electron chi connectivity index (χ1n) is 10.9. The number of hydrogen-bond donors (Lipinski definition) is 2. The van der Waals surface area contributed by atoms with Gasteiger partial charge in [0, 0.05) is 19.5 Å². The van der Waals surface area contributed by atoms with E-state index in [1.165, 1.54) is 0 Å². The maximum absolute atomic E-state index is 12.2. The van der Waals surface area contributed by atoms with Crippen LogP contribution >= 0.6 is 0 Å². The Labute approximate surface area is 192 Å². The Bertz CT molecular complexity index is 1130. The van der Waals surface area contributed by atoms with Crippen molar-refractivity contribution in [3.63, 3.8) is 0 Å². The number of carboxylic acid groups (broad SMARTS) is 1. The molecule has 0 saturated heterocycles. The molecule has 2 N–H and O–H groups in total. The number of fused-ring (bicyclic) bond motifs is 1. The molecule has 0 fully saturated rings. The van der Waals surface area contributed by atoms with Gasteiger partial charge >= 0.3 is 5.97 Å². The highest BCUT2D eigenvalue weighted by Crippen LogP contribution is 2.26. The van der Waals surface area contributed by atoms with Gasteiger partial charge in [-0.3, -0.25) is 9.59 Å². The molecule has 1 amide bonds. The second-order valence-corrected chi connectivity index (χ2v) is 8.32. The second-order valence-electron chi connectivity index (χ2n) is 8.32. The summed E-state index contributed by atoms with van der Waals surface area (Å²) in [5, 5.41) is 24.7. The predicted molar refractivity (Wildman–Crippen MR) is 125 cm³/mol. The van der Waals surface area contributed by atoms with Crippen LogP contribution in [0.15, 0.2) is 22.2 Å². The molecule has 0 saturated carbocycles. The standard InChI is InChI=1S/C22H30N8O3/c1-7-29(8-2)16-10-9-15(13(3)23-16)24-19-14(4)28-30-20(19)26-27-21(30)22(5,6)25-17(31)11-12-18(32)33/h9-10H,7-8,11-12H2,1-6H3,(H,25,31)(H,32,33). The number of nitrogens with one attached hydrogen (secondary N) is 1. The van der Waals surface area contributed by atoms with E-state index >= 15 is 0 Å². The molecule has 11 nitrogen and oxygen atoms in total. The number of aromatic nitrogens is 4. The van der Waals surface area contributed by atoms with Crippen molar-refractivity contribution < 1.29 is 14.7 Å². The van der Waals surface area contributed by atoms with Crippen LogP contribution < -0.4 is 10.2 Å². The number of amides is 1. The number of carbonyl (C=O) groups is 2. The third-order valence-corrected chi connectivity index (χ3v) is 5.38. The lowest BCUT2D eigenvalue weighted by Crippen LogP contribution is -2.42. The summed E-state index contributed by atoms with van der Waals surface area (Å²) >= 11 is 0.